The van der Waals surface area contributed by atoms with Gasteiger partial charge in [0.2, 0.25) is 5.88 Å². The van der Waals surface area contributed by atoms with Crippen molar-refractivity contribution in [3.63, 3.8) is 0 Å². The van der Waals surface area contributed by atoms with E-state index in [-0.39, 0.29) is 23.4 Å². The van der Waals surface area contributed by atoms with Crippen LogP contribution in [0.3, 0.4) is 0 Å². The predicted octanol–water partition coefficient (Wildman–Crippen LogP) is 3.67. The summed E-state index contributed by atoms with van der Waals surface area (Å²) in [5, 5.41) is 4.61. The number of ether oxygens (including phenoxy) is 1. The van der Waals surface area contributed by atoms with Crippen LogP contribution in [0.4, 0.5) is 4.39 Å². The van der Waals surface area contributed by atoms with Crippen LogP contribution in [-0.4, -0.2) is 50.6 Å². The van der Waals surface area contributed by atoms with Gasteiger partial charge >= 0.3 is 0 Å². The van der Waals surface area contributed by atoms with E-state index in [0.717, 1.165) is 19.0 Å². The summed E-state index contributed by atoms with van der Waals surface area (Å²) in [6.07, 6.45) is 4.14. The second-order valence-corrected chi connectivity index (χ2v) is 7.41. The average Bonchev–Trinajstić information content (AvgIpc) is 3.37. The number of aromatic nitrogens is 4. The van der Waals surface area contributed by atoms with Crippen molar-refractivity contribution in [2.24, 2.45) is 0 Å². The Morgan fingerprint density at radius 3 is 2.97 bits per heavy atom. The van der Waals surface area contributed by atoms with Crippen molar-refractivity contribution in [1.29, 1.82) is 0 Å². The Morgan fingerprint density at radius 2 is 2.24 bits per heavy atom. The Kier molecular flexibility index (Phi) is 5.23. The first-order valence-corrected chi connectivity index (χ1v) is 9.52. The number of carbonyl (C=O) groups is 1. The minimum absolute atomic E-state index is 0.0501. The first-order chi connectivity index (χ1) is 14.0. The SMILES string of the molecule is COc1cc(C(=O)N2C[C@@H](c3noc(-c4cc(Cl)c[nH]4)n3)CC[C@H]2C)c(F)cn1. The third-order valence-electron chi connectivity index (χ3n) is 5.10. The van der Waals surface area contributed by atoms with Crippen molar-refractivity contribution in [3.05, 3.63) is 46.8 Å². The lowest BCUT2D eigenvalue weighted by molar-refractivity contribution is 0.0599. The van der Waals surface area contributed by atoms with E-state index < -0.39 is 11.7 Å². The molecule has 0 aromatic carbocycles. The maximum Gasteiger partial charge on any atom is 0.274 e. The zero-order valence-electron chi connectivity index (χ0n) is 15.9. The minimum atomic E-state index is -0.685. The number of nitrogens with zero attached hydrogens (tertiary/aromatic N) is 4. The Morgan fingerprint density at radius 1 is 1.41 bits per heavy atom. The summed E-state index contributed by atoms with van der Waals surface area (Å²) in [5.41, 5.74) is 0.552. The number of hydrogen-bond donors (Lipinski definition) is 1. The van der Waals surface area contributed by atoms with Crippen LogP contribution in [0.5, 0.6) is 5.88 Å². The van der Waals surface area contributed by atoms with E-state index in [4.69, 9.17) is 20.9 Å². The van der Waals surface area contributed by atoms with Gasteiger partial charge < -0.3 is 19.1 Å². The van der Waals surface area contributed by atoms with E-state index in [9.17, 15) is 9.18 Å². The zero-order valence-corrected chi connectivity index (χ0v) is 16.6. The number of likely N-dealkylation sites (tertiary alicyclic amines) is 1. The largest absolute Gasteiger partial charge is 0.481 e. The summed E-state index contributed by atoms with van der Waals surface area (Å²) in [6, 6.07) is 2.96. The molecule has 3 aromatic heterocycles. The highest BCUT2D eigenvalue weighted by Gasteiger charge is 2.34. The molecule has 0 saturated carbocycles. The molecule has 1 fully saturated rings. The number of H-pyrrole nitrogens is 1. The fraction of sp³-hybridized carbons (Fsp3) is 0.368. The van der Waals surface area contributed by atoms with Gasteiger partial charge in [-0.3, -0.25) is 4.79 Å². The number of carbonyl (C=O) groups excluding carboxylic acids is 1. The Balaban J connectivity index is 1.56. The Bertz CT molecular complexity index is 1040. The van der Waals surface area contributed by atoms with Crippen molar-refractivity contribution in [2.45, 2.75) is 31.7 Å². The standard InChI is InChI=1S/C19H19ClFN5O3/c1-10-3-4-11(17-24-18(29-25-17)15-5-12(20)7-22-15)9-26(10)19(27)13-6-16(28-2)23-8-14(13)21/h5-8,10-11,22H,3-4,9H2,1-2H3/t10-,11+/m1/s1. The van der Waals surface area contributed by atoms with Gasteiger partial charge in [0.15, 0.2) is 11.6 Å². The topological polar surface area (TPSA) is 97.1 Å². The smallest absolute Gasteiger partial charge is 0.274 e. The molecule has 0 spiro atoms. The van der Waals surface area contributed by atoms with Gasteiger partial charge in [0.05, 0.1) is 23.9 Å². The number of piperidine rings is 1. The molecule has 4 rings (SSSR count). The van der Waals surface area contributed by atoms with Crippen LogP contribution in [-0.2, 0) is 0 Å². The van der Waals surface area contributed by atoms with E-state index in [2.05, 4.69) is 20.1 Å². The molecule has 29 heavy (non-hydrogen) atoms. The molecule has 0 radical (unpaired) electrons. The van der Waals surface area contributed by atoms with Crippen LogP contribution in [0.1, 0.15) is 41.9 Å². The quantitative estimate of drug-likeness (QED) is 0.693. The normalized spacial score (nSPS) is 19.4. The maximum atomic E-state index is 14.2. The number of pyridine rings is 1. The van der Waals surface area contributed by atoms with E-state index in [1.54, 1.807) is 17.2 Å². The molecule has 0 unspecified atom stereocenters. The van der Waals surface area contributed by atoms with Crippen LogP contribution in [0.25, 0.3) is 11.6 Å². The van der Waals surface area contributed by atoms with Crippen LogP contribution in [0, 0.1) is 5.82 Å². The molecule has 0 aliphatic carbocycles. The molecule has 3 aromatic rings. The summed E-state index contributed by atoms with van der Waals surface area (Å²) in [6.45, 7) is 2.29. The molecule has 1 aliphatic heterocycles. The van der Waals surface area contributed by atoms with Gasteiger partial charge in [-0.15, -0.1) is 0 Å². The summed E-state index contributed by atoms with van der Waals surface area (Å²) in [7, 11) is 1.42. The Hall–Kier alpha value is -2.94. The van der Waals surface area contributed by atoms with Crippen LogP contribution in [0.2, 0.25) is 5.02 Å². The van der Waals surface area contributed by atoms with Gasteiger partial charge in [-0.25, -0.2) is 9.37 Å². The molecule has 1 amide bonds. The maximum absolute atomic E-state index is 14.2. The molecule has 0 bridgehead atoms. The van der Waals surface area contributed by atoms with Gasteiger partial charge in [0.25, 0.3) is 11.8 Å². The first-order valence-electron chi connectivity index (χ1n) is 9.14. The number of nitrogens with one attached hydrogen (secondary N) is 1. The number of amides is 1. The van der Waals surface area contributed by atoms with Crippen LogP contribution in [0.15, 0.2) is 29.0 Å². The van der Waals surface area contributed by atoms with Crippen molar-refractivity contribution in [3.8, 4) is 17.5 Å². The third kappa shape index (κ3) is 3.82. The van der Waals surface area contributed by atoms with Crippen LogP contribution >= 0.6 is 11.6 Å². The molecule has 2 atom stereocenters. The number of rotatable bonds is 4. The van der Waals surface area contributed by atoms with E-state index in [1.165, 1.54) is 13.2 Å². The van der Waals surface area contributed by atoms with E-state index in [1.807, 2.05) is 6.92 Å². The van der Waals surface area contributed by atoms with Crippen molar-refractivity contribution in [2.75, 3.05) is 13.7 Å². The number of hydrogen-bond acceptors (Lipinski definition) is 6. The number of methoxy groups -OCH3 is 1. The monoisotopic (exact) mass is 419 g/mol. The molecule has 8 nitrogen and oxygen atoms in total. The number of aromatic amines is 1. The highest BCUT2D eigenvalue weighted by Crippen LogP contribution is 2.31. The third-order valence-corrected chi connectivity index (χ3v) is 5.32. The molecule has 4 heterocycles. The molecule has 1 saturated heterocycles. The highest BCUT2D eigenvalue weighted by molar-refractivity contribution is 6.30. The van der Waals surface area contributed by atoms with Gasteiger partial charge in [-0.05, 0) is 25.8 Å². The summed E-state index contributed by atoms with van der Waals surface area (Å²) < 4.78 is 24.6. The lowest BCUT2D eigenvalue weighted by Gasteiger charge is -2.37. The molecule has 152 valence electrons. The summed E-state index contributed by atoms with van der Waals surface area (Å²) in [4.78, 5) is 25.8. The number of halogens is 2. The lowest BCUT2D eigenvalue weighted by atomic mass is 9.92. The van der Waals surface area contributed by atoms with Gasteiger partial charge in [-0.1, -0.05) is 16.8 Å². The Labute approximate surface area is 171 Å². The molecule has 1 N–H and O–H groups in total. The highest BCUT2D eigenvalue weighted by atomic mass is 35.5. The zero-order chi connectivity index (χ0) is 20.5. The van der Waals surface area contributed by atoms with Crippen LogP contribution < -0.4 is 4.74 Å². The van der Waals surface area contributed by atoms with Gasteiger partial charge in [0, 0.05) is 30.8 Å². The minimum Gasteiger partial charge on any atom is -0.481 e. The molecular weight excluding hydrogens is 401 g/mol. The fourth-order valence-electron chi connectivity index (χ4n) is 3.45. The lowest BCUT2D eigenvalue weighted by Crippen LogP contribution is -2.45. The fourth-order valence-corrected chi connectivity index (χ4v) is 3.62. The molecule has 1 aliphatic rings. The van der Waals surface area contributed by atoms with E-state index >= 15 is 0 Å². The average molecular weight is 420 g/mol. The molecule has 10 heteroatoms. The van der Waals surface area contributed by atoms with Crippen molar-refractivity contribution < 1.29 is 18.4 Å². The molecular formula is C19H19ClFN5O3. The second kappa shape index (κ2) is 7.82. The summed E-state index contributed by atoms with van der Waals surface area (Å²) >= 11 is 5.92. The first kappa shape index (κ1) is 19.4. The summed E-state index contributed by atoms with van der Waals surface area (Å²) in [5.74, 6) is -0.208. The second-order valence-electron chi connectivity index (χ2n) is 6.98. The van der Waals surface area contributed by atoms with Crippen molar-refractivity contribution in [1.82, 2.24) is 25.0 Å². The van der Waals surface area contributed by atoms with Crippen molar-refractivity contribution >= 4 is 17.5 Å². The van der Waals surface area contributed by atoms with Gasteiger partial charge in [0.1, 0.15) is 5.69 Å². The van der Waals surface area contributed by atoms with E-state index in [0.29, 0.717) is 29.0 Å². The van der Waals surface area contributed by atoms with Gasteiger partial charge in [-0.2, -0.15) is 4.98 Å². The predicted molar refractivity (Wildman–Crippen MR) is 102 cm³/mol.